The van der Waals surface area contributed by atoms with Gasteiger partial charge in [-0.1, -0.05) is 0 Å². The van der Waals surface area contributed by atoms with E-state index in [-0.39, 0.29) is 5.69 Å². The lowest BCUT2D eigenvalue weighted by Gasteiger charge is -1.99. The molecule has 0 atom stereocenters. The predicted octanol–water partition coefficient (Wildman–Crippen LogP) is 0.341. The van der Waals surface area contributed by atoms with Gasteiger partial charge in [0.25, 0.3) is 0 Å². The number of hydrogen-bond donors (Lipinski definition) is 1. The zero-order valence-corrected chi connectivity index (χ0v) is 5.07. The molecule has 0 fully saturated rings. The van der Waals surface area contributed by atoms with Gasteiger partial charge in [0.15, 0.2) is 0 Å². The van der Waals surface area contributed by atoms with Crippen LogP contribution in [0.15, 0.2) is 12.1 Å². The number of benzene rings is 1. The Balaban J connectivity index is 3.31. The van der Waals surface area contributed by atoms with Crippen molar-refractivity contribution < 1.29 is 8.78 Å². The van der Waals surface area contributed by atoms with Crippen LogP contribution in [0.1, 0.15) is 0 Å². The highest BCUT2D eigenvalue weighted by Gasteiger charge is 2.02. The molecule has 1 nitrogen and oxygen atoms in total. The van der Waals surface area contributed by atoms with Crippen molar-refractivity contribution in [2.75, 3.05) is 5.73 Å². The summed E-state index contributed by atoms with van der Waals surface area (Å²) in [5, 5.41) is 0. The van der Waals surface area contributed by atoms with Gasteiger partial charge in [-0.25, -0.2) is 8.78 Å². The number of nitrogens with two attached hydrogens (primary N) is 1. The quantitative estimate of drug-likeness (QED) is 0.407. The highest BCUT2D eigenvalue weighted by molar-refractivity contribution is 6.32. The first kappa shape index (κ1) is 7.06. The largest absolute Gasteiger partial charge is 0.399 e. The van der Waals surface area contributed by atoms with Gasteiger partial charge in [0, 0.05) is 5.69 Å². The lowest BCUT2D eigenvalue weighted by Crippen LogP contribution is -2.14. The van der Waals surface area contributed by atoms with Gasteiger partial charge in [-0.2, -0.15) is 0 Å². The predicted molar refractivity (Wildman–Crippen MR) is 36.2 cm³/mol. The molecule has 2 N–H and O–H groups in total. The van der Waals surface area contributed by atoms with E-state index in [1.165, 1.54) is 0 Å². The van der Waals surface area contributed by atoms with E-state index in [4.69, 9.17) is 13.6 Å². The zero-order chi connectivity index (χ0) is 7.72. The monoisotopic (exact) mass is 139 g/mol. The second kappa shape index (κ2) is 2.29. The number of anilines is 1. The average Bonchev–Trinajstić information content (AvgIpc) is 1.82. The fourth-order valence-corrected chi connectivity index (χ4v) is 0.604. The Labute approximate surface area is 58.3 Å². The summed E-state index contributed by atoms with van der Waals surface area (Å²) in [6.07, 6.45) is 0. The minimum Gasteiger partial charge on any atom is -0.399 e. The molecule has 0 spiro atoms. The smallest absolute Gasteiger partial charge is 0.122 e. The number of halogens is 2. The van der Waals surface area contributed by atoms with Crippen molar-refractivity contribution in [1.29, 1.82) is 0 Å². The van der Waals surface area contributed by atoms with Gasteiger partial charge < -0.3 is 5.73 Å². The molecule has 1 aromatic carbocycles. The van der Waals surface area contributed by atoms with E-state index >= 15 is 0 Å². The molecule has 50 valence electrons. The van der Waals surface area contributed by atoms with E-state index in [9.17, 15) is 8.78 Å². The van der Waals surface area contributed by atoms with Gasteiger partial charge in [0.1, 0.15) is 19.5 Å². The first-order valence-electron chi connectivity index (χ1n) is 2.61. The van der Waals surface area contributed by atoms with E-state index in [0.717, 1.165) is 12.1 Å². The molecule has 1 rings (SSSR count). The van der Waals surface area contributed by atoms with Gasteiger partial charge >= 0.3 is 0 Å². The molecule has 2 radical (unpaired) electrons. The molecule has 1 aromatic rings. The van der Waals surface area contributed by atoms with Crippen LogP contribution in [0.5, 0.6) is 0 Å². The molecule has 0 bridgehead atoms. The molecular formula is C6H4BF2N. The summed E-state index contributed by atoms with van der Waals surface area (Å²) in [7, 11) is 4.95. The molecule has 10 heavy (non-hydrogen) atoms. The topological polar surface area (TPSA) is 26.0 Å². The average molecular weight is 139 g/mol. The number of rotatable bonds is 0. The second-order valence-corrected chi connectivity index (χ2v) is 1.90. The SMILES string of the molecule is [B]c1c(F)cc(N)cc1F. The fourth-order valence-electron chi connectivity index (χ4n) is 0.604. The fraction of sp³-hybridized carbons (Fsp3) is 0. The molecule has 0 saturated carbocycles. The lowest BCUT2D eigenvalue weighted by molar-refractivity contribution is 0.599. The van der Waals surface area contributed by atoms with Crippen molar-refractivity contribution in [3.8, 4) is 0 Å². The van der Waals surface area contributed by atoms with Crippen molar-refractivity contribution in [2.45, 2.75) is 0 Å². The highest BCUT2D eigenvalue weighted by Crippen LogP contribution is 2.05. The minimum absolute atomic E-state index is 0.0317. The Morgan fingerprint density at radius 3 is 2.00 bits per heavy atom. The van der Waals surface area contributed by atoms with Gasteiger partial charge in [-0.05, 0) is 17.6 Å². The van der Waals surface area contributed by atoms with Crippen molar-refractivity contribution in [2.24, 2.45) is 0 Å². The maximum atomic E-state index is 12.4. The van der Waals surface area contributed by atoms with Crippen LogP contribution >= 0.6 is 0 Å². The summed E-state index contributed by atoms with van der Waals surface area (Å²) in [6.45, 7) is 0. The van der Waals surface area contributed by atoms with Crippen LogP contribution in [-0.4, -0.2) is 7.85 Å². The van der Waals surface area contributed by atoms with Crippen LogP contribution in [0.25, 0.3) is 0 Å². The second-order valence-electron chi connectivity index (χ2n) is 1.90. The summed E-state index contributed by atoms with van der Waals surface area (Å²) < 4.78 is 24.8. The van der Waals surface area contributed by atoms with Gasteiger partial charge in [-0.15, -0.1) is 0 Å². The lowest BCUT2D eigenvalue weighted by atomic mass is 9.94. The Hall–Kier alpha value is -1.06. The zero-order valence-electron chi connectivity index (χ0n) is 5.07. The summed E-state index contributed by atoms with van der Waals surface area (Å²) in [5.41, 5.74) is 4.63. The standard InChI is InChI=1S/C6H4BF2N/c7-6-4(8)1-3(10)2-5(6)9/h1-2H,10H2. The van der Waals surface area contributed by atoms with Gasteiger partial charge in [0.2, 0.25) is 0 Å². The molecule has 0 unspecified atom stereocenters. The van der Waals surface area contributed by atoms with Crippen LogP contribution in [0, 0.1) is 11.6 Å². The first-order valence-corrected chi connectivity index (χ1v) is 2.61. The van der Waals surface area contributed by atoms with E-state index < -0.39 is 17.1 Å². The molecule has 0 amide bonds. The summed E-state index contributed by atoms with van der Waals surface area (Å²) in [6, 6.07) is 1.94. The maximum absolute atomic E-state index is 12.4. The third kappa shape index (κ3) is 1.10. The van der Waals surface area contributed by atoms with Crippen molar-refractivity contribution >= 4 is 19.0 Å². The molecule has 0 aliphatic rings. The number of nitrogen functional groups attached to an aromatic ring is 1. The van der Waals surface area contributed by atoms with Crippen molar-refractivity contribution in [1.82, 2.24) is 0 Å². The molecule has 0 aliphatic heterocycles. The van der Waals surface area contributed by atoms with E-state index in [2.05, 4.69) is 0 Å². The van der Waals surface area contributed by atoms with Crippen LogP contribution in [0.4, 0.5) is 14.5 Å². The van der Waals surface area contributed by atoms with Crippen LogP contribution in [0.3, 0.4) is 0 Å². The van der Waals surface area contributed by atoms with E-state index in [1.54, 1.807) is 0 Å². The van der Waals surface area contributed by atoms with Crippen LogP contribution in [0.2, 0.25) is 0 Å². The summed E-state index contributed by atoms with van der Waals surface area (Å²) in [5.74, 6) is -1.64. The molecular weight excluding hydrogens is 135 g/mol. The molecule has 0 aromatic heterocycles. The van der Waals surface area contributed by atoms with Gasteiger partial charge in [0.05, 0.1) is 0 Å². The van der Waals surface area contributed by atoms with Crippen molar-refractivity contribution in [3.05, 3.63) is 23.8 Å². The molecule has 0 saturated heterocycles. The third-order valence-electron chi connectivity index (χ3n) is 1.10. The van der Waals surface area contributed by atoms with Crippen LogP contribution in [-0.2, 0) is 0 Å². The van der Waals surface area contributed by atoms with E-state index in [1.807, 2.05) is 0 Å². The minimum atomic E-state index is -0.822. The summed E-state index contributed by atoms with van der Waals surface area (Å²) in [4.78, 5) is 0. The molecule has 0 heterocycles. The van der Waals surface area contributed by atoms with Gasteiger partial charge in [-0.3, -0.25) is 0 Å². The van der Waals surface area contributed by atoms with Crippen LogP contribution < -0.4 is 11.2 Å². The Bertz CT molecular complexity index is 239. The highest BCUT2D eigenvalue weighted by atomic mass is 19.1. The number of hydrogen-bond acceptors (Lipinski definition) is 1. The summed E-state index contributed by atoms with van der Waals surface area (Å²) >= 11 is 0. The third-order valence-corrected chi connectivity index (χ3v) is 1.10. The molecule has 4 heteroatoms. The Morgan fingerprint density at radius 2 is 1.60 bits per heavy atom. The van der Waals surface area contributed by atoms with E-state index in [0.29, 0.717) is 0 Å². The molecule has 0 aliphatic carbocycles. The Morgan fingerprint density at radius 1 is 1.20 bits per heavy atom. The maximum Gasteiger partial charge on any atom is 0.122 e. The first-order chi connectivity index (χ1) is 4.61. The van der Waals surface area contributed by atoms with Crippen molar-refractivity contribution in [3.63, 3.8) is 0 Å². The normalized spacial score (nSPS) is 9.80. The Kier molecular flexibility index (Phi) is 1.61.